The number of aryl methyl sites for hydroxylation is 2. The van der Waals surface area contributed by atoms with Crippen molar-refractivity contribution in [2.24, 2.45) is 0 Å². The van der Waals surface area contributed by atoms with E-state index in [0.29, 0.717) is 32.8 Å². The molecule has 0 bridgehead atoms. The highest BCUT2D eigenvalue weighted by Crippen LogP contribution is 2.26. The molecular formula is C34H42O6. The van der Waals surface area contributed by atoms with Crippen LogP contribution in [0.25, 0.3) is 0 Å². The lowest BCUT2D eigenvalue weighted by Gasteiger charge is -2.10. The molecule has 0 saturated heterocycles. The van der Waals surface area contributed by atoms with Crippen LogP contribution in [0.1, 0.15) is 41.5 Å². The molecule has 6 nitrogen and oxygen atoms in total. The van der Waals surface area contributed by atoms with E-state index in [1.807, 2.05) is 36.4 Å². The largest absolute Gasteiger partial charge is 0.497 e. The highest BCUT2D eigenvalue weighted by atomic mass is 16.5. The van der Waals surface area contributed by atoms with Gasteiger partial charge in [0, 0.05) is 25.2 Å². The van der Waals surface area contributed by atoms with Crippen molar-refractivity contribution in [3.63, 3.8) is 0 Å². The Morgan fingerprint density at radius 2 is 1.10 bits per heavy atom. The van der Waals surface area contributed by atoms with Gasteiger partial charge >= 0.3 is 0 Å². The van der Waals surface area contributed by atoms with Crippen molar-refractivity contribution in [1.82, 2.24) is 0 Å². The molecule has 3 rings (SSSR count). The summed E-state index contributed by atoms with van der Waals surface area (Å²) in [7, 11) is 6.73. The lowest BCUT2D eigenvalue weighted by Crippen LogP contribution is -2.02. The van der Waals surface area contributed by atoms with Crippen molar-refractivity contribution in [3.8, 4) is 34.8 Å². The number of methoxy groups -OCH3 is 4. The van der Waals surface area contributed by atoms with Gasteiger partial charge in [-0.1, -0.05) is 24.0 Å². The van der Waals surface area contributed by atoms with Gasteiger partial charge in [0.25, 0.3) is 0 Å². The number of hydrogen-bond donors (Lipinski definition) is 0. The predicted octanol–water partition coefficient (Wildman–Crippen LogP) is 6.30. The fraction of sp³-hybridized carbons (Fsp3) is 0.412. The molecule has 3 aromatic carbocycles. The predicted molar refractivity (Wildman–Crippen MR) is 159 cm³/mol. The van der Waals surface area contributed by atoms with Crippen LogP contribution in [0.15, 0.2) is 60.7 Å². The Bertz CT molecular complexity index is 1210. The van der Waals surface area contributed by atoms with Gasteiger partial charge in [-0.2, -0.15) is 0 Å². The quantitative estimate of drug-likeness (QED) is 0.146. The van der Waals surface area contributed by atoms with E-state index in [1.165, 1.54) is 5.56 Å². The van der Waals surface area contributed by atoms with Crippen LogP contribution in [0, 0.1) is 11.8 Å². The third-order valence-corrected chi connectivity index (χ3v) is 6.54. The first-order valence-corrected chi connectivity index (χ1v) is 13.8. The summed E-state index contributed by atoms with van der Waals surface area (Å²) in [5, 5.41) is 0. The fourth-order valence-electron chi connectivity index (χ4n) is 4.32. The molecule has 0 amide bonds. The number of hydrogen-bond acceptors (Lipinski definition) is 6. The van der Waals surface area contributed by atoms with E-state index in [4.69, 9.17) is 28.4 Å². The summed E-state index contributed by atoms with van der Waals surface area (Å²) < 4.78 is 33.1. The van der Waals surface area contributed by atoms with E-state index in [0.717, 1.165) is 71.8 Å². The van der Waals surface area contributed by atoms with Crippen molar-refractivity contribution in [2.75, 3.05) is 54.9 Å². The molecule has 0 aliphatic rings. The molecule has 0 heterocycles. The van der Waals surface area contributed by atoms with Gasteiger partial charge in [0.1, 0.15) is 23.0 Å². The normalized spacial score (nSPS) is 10.5. The Hall–Kier alpha value is -3.66. The molecule has 0 unspecified atom stereocenters. The molecule has 3 aromatic rings. The zero-order valence-corrected chi connectivity index (χ0v) is 24.3. The van der Waals surface area contributed by atoms with E-state index in [9.17, 15) is 0 Å². The van der Waals surface area contributed by atoms with Crippen LogP contribution >= 0.6 is 0 Å². The van der Waals surface area contributed by atoms with Crippen LogP contribution < -0.4 is 18.9 Å². The van der Waals surface area contributed by atoms with Gasteiger partial charge in [0.15, 0.2) is 0 Å². The zero-order valence-electron chi connectivity index (χ0n) is 24.3. The van der Waals surface area contributed by atoms with Gasteiger partial charge in [-0.25, -0.2) is 0 Å². The molecule has 6 heteroatoms. The number of ether oxygens (including phenoxy) is 6. The summed E-state index contributed by atoms with van der Waals surface area (Å²) in [5.74, 6) is 9.88. The summed E-state index contributed by atoms with van der Waals surface area (Å²) in [5.41, 5.74) is 4.53. The molecule has 0 aromatic heterocycles. The van der Waals surface area contributed by atoms with Gasteiger partial charge in [-0.05, 0) is 97.3 Å². The minimum absolute atomic E-state index is 0.627. The topological polar surface area (TPSA) is 55.4 Å². The first-order chi connectivity index (χ1) is 19.7. The molecule has 0 saturated carbocycles. The first kappa shape index (κ1) is 30.9. The number of rotatable bonds is 17. The van der Waals surface area contributed by atoms with Crippen LogP contribution in [0.4, 0.5) is 0 Å². The molecule has 214 valence electrons. The fourth-order valence-corrected chi connectivity index (χ4v) is 4.32. The first-order valence-electron chi connectivity index (χ1n) is 13.8. The molecule has 0 aliphatic heterocycles. The third kappa shape index (κ3) is 10.5. The number of benzene rings is 3. The summed E-state index contributed by atoms with van der Waals surface area (Å²) in [4.78, 5) is 0. The molecule has 0 spiro atoms. The van der Waals surface area contributed by atoms with E-state index in [2.05, 4.69) is 36.1 Å². The van der Waals surface area contributed by atoms with Crippen LogP contribution in [0.5, 0.6) is 23.0 Å². The van der Waals surface area contributed by atoms with Gasteiger partial charge in [0.2, 0.25) is 0 Å². The maximum absolute atomic E-state index is 5.86. The maximum atomic E-state index is 5.86. The molecule has 0 fully saturated rings. The van der Waals surface area contributed by atoms with Crippen LogP contribution in [-0.2, 0) is 28.7 Å². The highest BCUT2D eigenvalue weighted by Gasteiger charge is 2.06. The second kappa shape index (κ2) is 17.8. The summed E-state index contributed by atoms with van der Waals surface area (Å²) in [6.07, 6.45) is 5.20. The minimum atomic E-state index is 0.627. The molecule has 40 heavy (non-hydrogen) atoms. The average Bonchev–Trinajstić information content (AvgIpc) is 3.00. The average molecular weight is 547 g/mol. The molecule has 0 radical (unpaired) electrons. The zero-order chi connectivity index (χ0) is 28.4. The Morgan fingerprint density at radius 3 is 1.62 bits per heavy atom. The highest BCUT2D eigenvalue weighted by molar-refractivity contribution is 5.41. The Labute approximate surface area is 239 Å². The monoisotopic (exact) mass is 546 g/mol. The Balaban J connectivity index is 1.26. The van der Waals surface area contributed by atoms with Crippen LogP contribution in [-0.4, -0.2) is 54.9 Å². The minimum Gasteiger partial charge on any atom is -0.497 e. The molecule has 0 atom stereocenters. The van der Waals surface area contributed by atoms with Gasteiger partial charge < -0.3 is 28.4 Å². The Morgan fingerprint density at radius 1 is 0.550 bits per heavy atom. The lowest BCUT2D eigenvalue weighted by molar-refractivity contribution is 0.135. The molecular weight excluding hydrogens is 504 g/mol. The van der Waals surface area contributed by atoms with E-state index < -0.39 is 0 Å². The van der Waals surface area contributed by atoms with Crippen molar-refractivity contribution < 1.29 is 28.4 Å². The van der Waals surface area contributed by atoms with Crippen LogP contribution in [0.2, 0.25) is 0 Å². The molecule has 0 N–H and O–H groups in total. The van der Waals surface area contributed by atoms with Crippen molar-refractivity contribution in [3.05, 3.63) is 82.9 Å². The van der Waals surface area contributed by atoms with Crippen molar-refractivity contribution in [1.29, 1.82) is 0 Å². The molecule has 0 aliphatic carbocycles. The second-order valence-electron chi connectivity index (χ2n) is 9.29. The SMILES string of the molecule is COc1ccc(OC)c(CCCOCCC#Cc2ccc(CCOCCCc3cc(OC)ccc3OC)cc2)c1. The van der Waals surface area contributed by atoms with E-state index >= 15 is 0 Å². The van der Waals surface area contributed by atoms with Crippen molar-refractivity contribution in [2.45, 2.75) is 38.5 Å². The van der Waals surface area contributed by atoms with Gasteiger partial charge in [-0.3, -0.25) is 0 Å². The van der Waals surface area contributed by atoms with Gasteiger partial charge in [-0.15, -0.1) is 0 Å². The van der Waals surface area contributed by atoms with E-state index in [1.54, 1.807) is 28.4 Å². The Kier molecular flexibility index (Phi) is 13.8. The van der Waals surface area contributed by atoms with Crippen LogP contribution in [0.3, 0.4) is 0 Å². The summed E-state index contributed by atoms with van der Waals surface area (Å²) >= 11 is 0. The van der Waals surface area contributed by atoms with E-state index in [-0.39, 0.29) is 0 Å². The maximum Gasteiger partial charge on any atom is 0.122 e. The summed E-state index contributed by atoms with van der Waals surface area (Å²) in [6, 6.07) is 20.1. The standard InChI is InChI=1S/C34H42O6/c1-35-31-16-18-33(37-3)29(25-31)10-7-22-39-21-6-5-9-27-12-14-28(15-13-27)20-24-40-23-8-11-30-26-32(36-2)17-19-34(30)38-4/h12-19,25-26H,6-8,10-11,20-24H2,1-4H3. The second-order valence-corrected chi connectivity index (χ2v) is 9.29. The van der Waals surface area contributed by atoms with Crippen molar-refractivity contribution >= 4 is 0 Å². The lowest BCUT2D eigenvalue weighted by atomic mass is 10.1. The smallest absolute Gasteiger partial charge is 0.122 e. The summed E-state index contributed by atoms with van der Waals surface area (Å²) in [6.45, 7) is 2.72. The third-order valence-electron chi connectivity index (χ3n) is 6.54. The van der Waals surface area contributed by atoms with Gasteiger partial charge in [0.05, 0.1) is 41.7 Å².